The number of nitrogens with one attached hydrogen (secondary N) is 1. The van der Waals surface area contributed by atoms with E-state index in [-0.39, 0.29) is 24.2 Å². The van der Waals surface area contributed by atoms with Gasteiger partial charge in [-0.25, -0.2) is 0 Å². The summed E-state index contributed by atoms with van der Waals surface area (Å²) in [4.78, 5) is 50.5. The van der Waals surface area contributed by atoms with E-state index in [1.165, 1.54) is 0 Å². The molecule has 0 bridgehead atoms. The van der Waals surface area contributed by atoms with Crippen molar-refractivity contribution in [2.24, 2.45) is 5.92 Å². The molecule has 7 nitrogen and oxygen atoms in total. The van der Waals surface area contributed by atoms with Crippen LogP contribution in [0.4, 0.5) is 5.69 Å². The van der Waals surface area contributed by atoms with E-state index < -0.39 is 11.9 Å². The third-order valence-electron chi connectivity index (χ3n) is 5.00. The number of benzene rings is 1. The molecule has 1 aromatic carbocycles. The van der Waals surface area contributed by atoms with E-state index in [0.29, 0.717) is 31.6 Å². The van der Waals surface area contributed by atoms with Crippen LogP contribution in [0, 0.1) is 5.92 Å². The molecule has 0 aliphatic carbocycles. The van der Waals surface area contributed by atoms with E-state index in [1.54, 1.807) is 11.0 Å². The normalized spacial score (nSPS) is 23.8. The summed E-state index contributed by atoms with van der Waals surface area (Å²) in [5, 5.41) is 2.31. The van der Waals surface area contributed by atoms with Gasteiger partial charge in [0, 0.05) is 48.8 Å². The lowest BCUT2D eigenvalue weighted by molar-refractivity contribution is -0.136. The summed E-state index contributed by atoms with van der Waals surface area (Å²) in [5.74, 6) is -0.821. The molecule has 3 aliphatic heterocycles. The Bertz CT molecular complexity index is 754. The quantitative estimate of drug-likeness (QED) is 0.628. The van der Waals surface area contributed by atoms with Crippen molar-refractivity contribution in [1.29, 1.82) is 0 Å². The molecule has 1 aromatic rings. The number of nitrogens with zero attached hydrogens (tertiary/aromatic N) is 2. The maximum atomic E-state index is 12.7. The van der Waals surface area contributed by atoms with Gasteiger partial charge < -0.3 is 14.6 Å². The SMILES string of the molecule is O=CC1CN(c2cccc3c2CN([C@@H]2CCC(=O)NC2=O)C3=O)C1. The Morgan fingerprint density at radius 1 is 1.17 bits per heavy atom. The zero-order valence-corrected chi connectivity index (χ0v) is 13.0. The second-order valence-electron chi connectivity index (χ2n) is 6.50. The summed E-state index contributed by atoms with van der Waals surface area (Å²) < 4.78 is 0. The topological polar surface area (TPSA) is 86.8 Å². The van der Waals surface area contributed by atoms with Gasteiger partial charge in [0.1, 0.15) is 12.3 Å². The van der Waals surface area contributed by atoms with E-state index in [0.717, 1.165) is 17.5 Å². The molecule has 4 rings (SSSR count). The maximum absolute atomic E-state index is 12.7. The summed E-state index contributed by atoms with van der Waals surface area (Å²) in [6, 6.07) is 4.94. The van der Waals surface area contributed by atoms with Crippen LogP contribution in [-0.4, -0.2) is 48.0 Å². The molecule has 3 heterocycles. The minimum Gasteiger partial charge on any atom is -0.370 e. The van der Waals surface area contributed by atoms with E-state index in [4.69, 9.17) is 0 Å². The predicted molar refractivity (Wildman–Crippen MR) is 84.3 cm³/mol. The molecule has 0 radical (unpaired) electrons. The standard InChI is InChI=1S/C17H17N3O4/c21-9-10-6-19(7-10)13-3-1-2-11-12(13)8-20(17(11)24)14-4-5-15(22)18-16(14)23/h1-3,9-10,14H,4-8H2,(H,18,22,23)/t14-/m1/s1. The molecule has 0 aromatic heterocycles. The Morgan fingerprint density at radius 3 is 2.67 bits per heavy atom. The Morgan fingerprint density at radius 2 is 1.96 bits per heavy atom. The van der Waals surface area contributed by atoms with Crippen molar-refractivity contribution >= 4 is 29.7 Å². The maximum Gasteiger partial charge on any atom is 0.255 e. The predicted octanol–water partition coefficient (Wildman–Crippen LogP) is 0.0827. The van der Waals surface area contributed by atoms with Crippen LogP contribution in [0.1, 0.15) is 28.8 Å². The largest absolute Gasteiger partial charge is 0.370 e. The van der Waals surface area contributed by atoms with Crippen LogP contribution in [0.25, 0.3) is 0 Å². The molecule has 124 valence electrons. The Hall–Kier alpha value is -2.70. The average Bonchev–Trinajstić information content (AvgIpc) is 2.84. The number of hydrogen-bond donors (Lipinski definition) is 1. The highest BCUT2D eigenvalue weighted by atomic mass is 16.2. The molecular formula is C17H17N3O4. The number of piperidine rings is 1. The molecule has 24 heavy (non-hydrogen) atoms. The first-order valence-corrected chi connectivity index (χ1v) is 8.05. The highest BCUT2D eigenvalue weighted by Gasteiger charge is 2.41. The number of carbonyl (C=O) groups excluding carboxylic acids is 4. The van der Waals surface area contributed by atoms with Gasteiger partial charge in [-0.2, -0.15) is 0 Å². The number of aldehydes is 1. The third-order valence-corrected chi connectivity index (χ3v) is 5.00. The molecule has 0 unspecified atom stereocenters. The van der Waals surface area contributed by atoms with E-state index in [9.17, 15) is 19.2 Å². The molecule has 2 fully saturated rings. The lowest BCUT2D eigenvalue weighted by Gasteiger charge is -2.39. The molecule has 0 spiro atoms. The van der Waals surface area contributed by atoms with E-state index in [2.05, 4.69) is 10.2 Å². The first kappa shape index (κ1) is 14.9. The van der Waals surface area contributed by atoms with Crippen molar-refractivity contribution in [3.8, 4) is 0 Å². The summed E-state index contributed by atoms with van der Waals surface area (Å²) in [5.41, 5.74) is 2.46. The van der Waals surface area contributed by atoms with Crippen LogP contribution >= 0.6 is 0 Å². The van der Waals surface area contributed by atoms with Crippen molar-refractivity contribution in [2.75, 3.05) is 18.0 Å². The van der Waals surface area contributed by atoms with Gasteiger partial charge in [0.25, 0.3) is 5.91 Å². The fourth-order valence-corrected chi connectivity index (χ4v) is 3.66. The van der Waals surface area contributed by atoms with E-state index in [1.807, 2.05) is 12.1 Å². The van der Waals surface area contributed by atoms with Crippen molar-refractivity contribution in [3.05, 3.63) is 29.3 Å². The van der Waals surface area contributed by atoms with Crippen molar-refractivity contribution in [2.45, 2.75) is 25.4 Å². The first-order valence-electron chi connectivity index (χ1n) is 8.05. The molecule has 1 N–H and O–H groups in total. The van der Waals surface area contributed by atoms with Crippen LogP contribution < -0.4 is 10.2 Å². The third kappa shape index (κ3) is 2.19. The molecule has 3 amide bonds. The van der Waals surface area contributed by atoms with Gasteiger partial charge in [0.2, 0.25) is 11.8 Å². The molecule has 1 atom stereocenters. The second kappa shape index (κ2) is 5.43. The summed E-state index contributed by atoms with van der Waals surface area (Å²) in [6.45, 7) is 1.68. The minimum absolute atomic E-state index is 0.0456. The van der Waals surface area contributed by atoms with Crippen LogP contribution in [0.5, 0.6) is 0 Å². The second-order valence-corrected chi connectivity index (χ2v) is 6.50. The van der Waals surface area contributed by atoms with Gasteiger partial charge >= 0.3 is 0 Å². The van der Waals surface area contributed by atoms with Gasteiger partial charge in [-0.15, -0.1) is 0 Å². The minimum atomic E-state index is -0.602. The van der Waals surface area contributed by atoms with Crippen LogP contribution in [0.3, 0.4) is 0 Å². The van der Waals surface area contributed by atoms with Crippen LogP contribution in [0.2, 0.25) is 0 Å². The van der Waals surface area contributed by atoms with Crippen molar-refractivity contribution in [3.63, 3.8) is 0 Å². The molecule has 2 saturated heterocycles. The smallest absolute Gasteiger partial charge is 0.255 e. The van der Waals surface area contributed by atoms with Crippen LogP contribution in [0.15, 0.2) is 18.2 Å². The number of rotatable bonds is 3. The first-order chi connectivity index (χ1) is 11.6. The summed E-state index contributed by atoms with van der Waals surface area (Å²) in [6.07, 6.45) is 1.56. The summed E-state index contributed by atoms with van der Waals surface area (Å²) >= 11 is 0. The van der Waals surface area contributed by atoms with Gasteiger partial charge in [-0.3, -0.25) is 19.7 Å². The molecule has 0 saturated carbocycles. The van der Waals surface area contributed by atoms with E-state index >= 15 is 0 Å². The average molecular weight is 327 g/mol. The zero-order chi connectivity index (χ0) is 16.8. The lowest BCUT2D eigenvalue weighted by atomic mass is 9.98. The van der Waals surface area contributed by atoms with Gasteiger partial charge in [-0.1, -0.05) is 6.07 Å². The number of amides is 3. The number of imide groups is 1. The highest BCUT2D eigenvalue weighted by Crippen LogP contribution is 2.36. The fourth-order valence-electron chi connectivity index (χ4n) is 3.66. The highest BCUT2D eigenvalue weighted by molar-refractivity contribution is 6.06. The summed E-state index contributed by atoms with van der Waals surface area (Å²) in [7, 11) is 0. The Labute approximate surface area is 138 Å². The molecule has 3 aliphatic rings. The zero-order valence-electron chi connectivity index (χ0n) is 13.0. The number of carbonyl (C=O) groups is 4. The van der Waals surface area contributed by atoms with Crippen molar-refractivity contribution < 1.29 is 19.2 Å². The number of fused-ring (bicyclic) bond motifs is 1. The molecular weight excluding hydrogens is 310 g/mol. The fraction of sp³-hybridized carbons (Fsp3) is 0.412. The number of hydrogen-bond acceptors (Lipinski definition) is 5. The monoisotopic (exact) mass is 327 g/mol. The van der Waals surface area contributed by atoms with Gasteiger partial charge in [0.05, 0.1) is 0 Å². The molecule has 7 heteroatoms. The Kier molecular flexibility index (Phi) is 3.37. The Balaban J connectivity index is 1.59. The number of anilines is 1. The van der Waals surface area contributed by atoms with Gasteiger partial charge in [0.15, 0.2) is 0 Å². The van der Waals surface area contributed by atoms with Gasteiger partial charge in [-0.05, 0) is 18.6 Å². The lowest BCUT2D eigenvalue weighted by Crippen LogP contribution is -2.52. The van der Waals surface area contributed by atoms with Crippen LogP contribution in [-0.2, 0) is 20.9 Å². The van der Waals surface area contributed by atoms with Crippen molar-refractivity contribution in [1.82, 2.24) is 10.2 Å².